The summed E-state index contributed by atoms with van der Waals surface area (Å²) in [5.41, 5.74) is 6.52. The predicted molar refractivity (Wildman–Crippen MR) is 63.1 cm³/mol. The number of aromatic nitrogens is 2. The molecular formula is C12H15N3O2. The summed E-state index contributed by atoms with van der Waals surface area (Å²) in [6.07, 6.45) is 1.22. The van der Waals surface area contributed by atoms with Crippen LogP contribution < -0.4 is 5.73 Å². The molecule has 0 saturated heterocycles. The number of nitrogens with two attached hydrogens (primary N) is 1. The van der Waals surface area contributed by atoms with Gasteiger partial charge in [0.2, 0.25) is 11.7 Å². The van der Waals surface area contributed by atoms with Crippen molar-refractivity contribution < 1.29 is 9.63 Å². The van der Waals surface area contributed by atoms with Gasteiger partial charge in [0.05, 0.1) is 6.61 Å². The van der Waals surface area contributed by atoms with Gasteiger partial charge in [-0.2, -0.15) is 4.98 Å². The van der Waals surface area contributed by atoms with E-state index in [1.807, 2.05) is 30.3 Å². The standard InChI is InChI=1S/C12H15N3O2/c13-10(8-16)6-7-11-14-12(15-17-11)9-4-2-1-3-5-9/h1-5,10,16H,6-8,13H2/t10-/m0/s1. The van der Waals surface area contributed by atoms with Gasteiger partial charge in [0, 0.05) is 18.0 Å². The second-order valence-corrected chi connectivity index (χ2v) is 3.86. The van der Waals surface area contributed by atoms with Crippen molar-refractivity contribution in [1.82, 2.24) is 10.1 Å². The van der Waals surface area contributed by atoms with Crippen LogP contribution in [0.1, 0.15) is 12.3 Å². The first kappa shape index (κ1) is 11.8. The van der Waals surface area contributed by atoms with Crippen molar-refractivity contribution in [2.75, 3.05) is 6.61 Å². The van der Waals surface area contributed by atoms with Crippen LogP contribution in [0.25, 0.3) is 11.4 Å². The van der Waals surface area contributed by atoms with Crippen molar-refractivity contribution in [1.29, 1.82) is 0 Å². The van der Waals surface area contributed by atoms with Crippen LogP contribution >= 0.6 is 0 Å². The molecule has 1 aromatic heterocycles. The lowest BCUT2D eigenvalue weighted by Crippen LogP contribution is -2.24. The Kier molecular flexibility index (Phi) is 3.85. The minimum Gasteiger partial charge on any atom is -0.395 e. The van der Waals surface area contributed by atoms with Crippen molar-refractivity contribution in [2.24, 2.45) is 5.73 Å². The molecule has 0 aliphatic rings. The summed E-state index contributed by atoms with van der Waals surface area (Å²) < 4.78 is 5.12. The normalized spacial score (nSPS) is 12.6. The lowest BCUT2D eigenvalue weighted by molar-refractivity contribution is 0.256. The summed E-state index contributed by atoms with van der Waals surface area (Å²) in [7, 11) is 0. The molecule has 0 spiro atoms. The molecule has 3 N–H and O–H groups in total. The van der Waals surface area contributed by atoms with E-state index in [1.54, 1.807) is 0 Å². The molecule has 0 unspecified atom stereocenters. The minimum atomic E-state index is -0.234. The van der Waals surface area contributed by atoms with Crippen LogP contribution in [-0.2, 0) is 6.42 Å². The first-order chi connectivity index (χ1) is 8.29. The number of rotatable bonds is 5. The van der Waals surface area contributed by atoms with E-state index in [1.165, 1.54) is 0 Å². The van der Waals surface area contributed by atoms with Crippen molar-refractivity contribution in [3.63, 3.8) is 0 Å². The molecule has 0 aliphatic heterocycles. The van der Waals surface area contributed by atoms with Gasteiger partial charge >= 0.3 is 0 Å². The lowest BCUT2D eigenvalue weighted by atomic mass is 10.2. The zero-order valence-corrected chi connectivity index (χ0v) is 9.41. The highest BCUT2D eigenvalue weighted by Crippen LogP contribution is 2.15. The van der Waals surface area contributed by atoms with Crippen LogP contribution in [0.5, 0.6) is 0 Å². The summed E-state index contributed by atoms with van der Waals surface area (Å²) >= 11 is 0. The van der Waals surface area contributed by atoms with Crippen LogP contribution in [0.2, 0.25) is 0 Å². The van der Waals surface area contributed by atoms with E-state index in [0.717, 1.165) is 5.56 Å². The number of aliphatic hydroxyl groups is 1. The van der Waals surface area contributed by atoms with E-state index in [2.05, 4.69) is 10.1 Å². The molecule has 2 rings (SSSR count). The van der Waals surface area contributed by atoms with Crippen molar-refractivity contribution in [3.05, 3.63) is 36.2 Å². The predicted octanol–water partition coefficient (Wildman–Crippen LogP) is 0.989. The summed E-state index contributed by atoms with van der Waals surface area (Å²) in [5, 5.41) is 12.7. The summed E-state index contributed by atoms with van der Waals surface area (Å²) in [4.78, 5) is 4.27. The number of aliphatic hydroxyl groups excluding tert-OH is 1. The first-order valence-corrected chi connectivity index (χ1v) is 5.54. The van der Waals surface area contributed by atoms with Crippen LogP contribution in [0.15, 0.2) is 34.9 Å². The van der Waals surface area contributed by atoms with Crippen LogP contribution in [0, 0.1) is 0 Å². The van der Waals surface area contributed by atoms with Gasteiger partial charge in [-0.15, -0.1) is 0 Å². The lowest BCUT2D eigenvalue weighted by Gasteiger charge is -2.03. The molecule has 0 amide bonds. The fourth-order valence-corrected chi connectivity index (χ4v) is 1.46. The third-order valence-corrected chi connectivity index (χ3v) is 2.46. The van der Waals surface area contributed by atoms with Crippen molar-refractivity contribution >= 4 is 0 Å². The monoisotopic (exact) mass is 233 g/mol. The number of hydrogen-bond donors (Lipinski definition) is 2. The summed E-state index contributed by atoms with van der Waals surface area (Å²) in [6, 6.07) is 9.40. The molecule has 5 heteroatoms. The molecule has 5 nitrogen and oxygen atoms in total. The zero-order chi connectivity index (χ0) is 12.1. The number of nitrogens with zero attached hydrogens (tertiary/aromatic N) is 2. The maximum Gasteiger partial charge on any atom is 0.227 e. The Labute approximate surface area is 99.3 Å². The van der Waals surface area contributed by atoms with Crippen LogP contribution in [0.4, 0.5) is 0 Å². The highest BCUT2D eigenvalue weighted by Gasteiger charge is 2.09. The fraction of sp³-hybridized carbons (Fsp3) is 0.333. The van der Waals surface area contributed by atoms with Gasteiger partial charge < -0.3 is 15.4 Å². The molecule has 0 saturated carbocycles. The van der Waals surface area contributed by atoms with Crippen LogP contribution in [0.3, 0.4) is 0 Å². The van der Waals surface area contributed by atoms with E-state index < -0.39 is 0 Å². The number of benzene rings is 1. The summed E-state index contributed by atoms with van der Waals surface area (Å²) in [5.74, 6) is 1.13. The number of hydrogen-bond acceptors (Lipinski definition) is 5. The molecule has 90 valence electrons. The molecule has 17 heavy (non-hydrogen) atoms. The Hall–Kier alpha value is -1.72. The third-order valence-electron chi connectivity index (χ3n) is 2.46. The minimum absolute atomic E-state index is 0.0281. The van der Waals surface area contributed by atoms with E-state index >= 15 is 0 Å². The second-order valence-electron chi connectivity index (χ2n) is 3.86. The van der Waals surface area contributed by atoms with Gasteiger partial charge in [0.15, 0.2) is 0 Å². The third kappa shape index (κ3) is 3.12. The Balaban J connectivity index is 2.01. The zero-order valence-electron chi connectivity index (χ0n) is 9.41. The number of aryl methyl sites for hydroxylation is 1. The molecule has 0 fully saturated rings. The molecule has 0 radical (unpaired) electrons. The molecule has 0 bridgehead atoms. The SMILES string of the molecule is N[C@H](CO)CCc1nc(-c2ccccc2)no1. The average Bonchev–Trinajstić information content (AvgIpc) is 2.86. The topological polar surface area (TPSA) is 85.2 Å². The maximum atomic E-state index is 8.80. The fourth-order valence-electron chi connectivity index (χ4n) is 1.46. The molecular weight excluding hydrogens is 218 g/mol. The van der Waals surface area contributed by atoms with E-state index in [4.69, 9.17) is 15.4 Å². The Morgan fingerprint density at radius 2 is 2.06 bits per heavy atom. The van der Waals surface area contributed by atoms with Gasteiger partial charge in [-0.05, 0) is 6.42 Å². The molecule has 1 aromatic carbocycles. The Bertz CT molecular complexity index is 456. The molecule has 1 heterocycles. The highest BCUT2D eigenvalue weighted by molar-refractivity contribution is 5.53. The average molecular weight is 233 g/mol. The molecule has 2 aromatic rings. The first-order valence-electron chi connectivity index (χ1n) is 5.54. The molecule has 1 atom stereocenters. The van der Waals surface area contributed by atoms with Gasteiger partial charge in [0.25, 0.3) is 0 Å². The van der Waals surface area contributed by atoms with E-state index in [9.17, 15) is 0 Å². The second kappa shape index (κ2) is 5.56. The Morgan fingerprint density at radius 3 is 2.76 bits per heavy atom. The van der Waals surface area contributed by atoms with Gasteiger partial charge in [-0.3, -0.25) is 0 Å². The van der Waals surface area contributed by atoms with Gasteiger partial charge in [0.1, 0.15) is 0 Å². The van der Waals surface area contributed by atoms with Gasteiger partial charge in [-0.25, -0.2) is 0 Å². The van der Waals surface area contributed by atoms with Crippen LogP contribution in [-0.4, -0.2) is 27.9 Å². The quantitative estimate of drug-likeness (QED) is 0.804. The van der Waals surface area contributed by atoms with Crippen molar-refractivity contribution in [2.45, 2.75) is 18.9 Å². The summed E-state index contributed by atoms with van der Waals surface area (Å²) in [6.45, 7) is -0.0281. The molecule has 0 aliphatic carbocycles. The largest absolute Gasteiger partial charge is 0.395 e. The highest BCUT2D eigenvalue weighted by atomic mass is 16.5. The smallest absolute Gasteiger partial charge is 0.227 e. The van der Waals surface area contributed by atoms with Gasteiger partial charge in [-0.1, -0.05) is 35.5 Å². The van der Waals surface area contributed by atoms with E-state index in [0.29, 0.717) is 24.6 Å². The van der Waals surface area contributed by atoms with Crippen molar-refractivity contribution in [3.8, 4) is 11.4 Å². The maximum absolute atomic E-state index is 8.80. The Morgan fingerprint density at radius 1 is 1.29 bits per heavy atom. The van der Waals surface area contributed by atoms with E-state index in [-0.39, 0.29) is 12.6 Å².